The molecule has 3 nitrogen and oxygen atoms in total. The van der Waals surface area contributed by atoms with Crippen molar-refractivity contribution in [3.05, 3.63) is 29.8 Å². The van der Waals surface area contributed by atoms with Gasteiger partial charge in [0.05, 0.1) is 11.5 Å². The van der Waals surface area contributed by atoms with Gasteiger partial charge in [0, 0.05) is 0 Å². The number of benzene rings is 1. The summed E-state index contributed by atoms with van der Waals surface area (Å²) in [6, 6.07) is 6.82. The van der Waals surface area contributed by atoms with E-state index in [0.29, 0.717) is 23.9 Å². The Morgan fingerprint density at radius 2 is 1.85 bits per heavy atom. The van der Waals surface area contributed by atoms with Gasteiger partial charge in [-0.25, -0.2) is 0 Å². The second-order valence-electron chi connectivity index (χ2n) is 6.91. The zero-order chi connectivity index (χ0) is 14.5. The predicted octanol–water partition coefficient (Wildman–Crippen LogP) is 3.38. The minimum Gasteiger partial charge on any atom is -0.266 e. The molecule has 0 aromatic heterocycles. The number of hydrogen-bond acceptors (Lipinski definition) is 3. The Kier molecular flexibility index (Phi) is 3.22. The lowest BCUT2D eigenvalue weighted by Crippen LogP contribution is -2.38. The van der Waals surface area contributed by atoms with E-state index in [0.717, 1.165) is 17.9 Å². The molecule has 3 saturated carbocycles. The molecule has 2 bridgehead atoms. The Balaban J connectivity index is 1.65. The van der Waals surface area contributed by atoms with E-state index in [-0.39, 0.29) is 4.90 Å². The Morgan fingerprint density at radius 1 is 1.20 bits per heavy atom. The molecule has 110 valence electrons. The highest BCUT2D eigenvalue weighted by Gasteiger charge is 2.58. The SMILES string of the molecule is Cc1ccc(S(=O)(=O)OCC2CC3CC2C3(C)C)cc1. The molecule has 0 spiro atoms. The van der Waals surface area contributed by atoms with Gasteiger partial charge in [-0.05, 0) is 55.1 Å². The van der Waals surface area contributed by atoms with Crippen LogP contribution in [0.3, 0.4) is 0 Å². The summed E-state index contributed by atoms with van der Waals surface area (Å²) in [6.45, 7) is 6.85. The summed E-state index contributed by atoms with van der Waals surface area (Å²) in [4.78, 5) is 0.257. The zero-order valence-corrected chi connectivity index (χ0v) is 13.1. The highest BCUT2D eigenvalue weighted by Crippen LogP contribution is 2.64. The van der Waals surface area contributed by atoms with E-state index < -0.39 is 10.1 Å². The van der Waals surface area contributed by atoms with Crippen LogP contribution in [0.15, 0.2) is 29.2 Å². The van der Waals surface area contributed by atoms with E-state index in [1.54, 1.807) is 24.3 Å². The van der Waals surface area contributed by atoms with Crippen molar-refractivity contribution in [2.45, 2.75) is 38.5 Å². The van der Waals surface area contributed by atoms with Crippen molar-refractivity contribution in [2.75, 3.05) is 6.61 Å². The Labute approximate surface area is 121 Å². The quantitative estimate of drug-likeness (QED) is 0.800. The smallest absolute Gasteiger partial charge is 0.266 e. The van der Waals surface area contributed by atoms with Gasteiger partial charge < -0.3 is 0 Å². The highest BCUT2D eigenvalue weighted by molar-refractivity contribution is 7.86. The molecule has 3 unspecified atom stereocenters. The summed E-state index contributed by atoms with van der Waals surface area (Å²) in [7, 11) is -3.61. The first-order valence-electron chi connectivity index (χ1n) is 7.27. The van der Waals surface area contributed by atoms with E-state index in [2.05, 4.69) is 13.8 Å². The fourth-order valence-electron chi connectivity index (χ4n) is 3.92. The molecular weight excluding hydrogens is 272 g/mol. The molecule has 0 aliphatic heterocycles. The molecule has 0 heterocycles. The lowest BCUT2D eigenvalue weighted by atomic mass is 9.60. The van der Waals surface area contributed by atoms with Crippen molar-refractivity contribution in [3.8, 4) is 0 Å². The molecule has 3 aliphatic carbocycles. The molecule has 3 aliphatic rings. The minimum atomic E-state index is -3.61. The van der Waals surface area contributed by atoms with Crippen molar-refractivity contribution >= 4 is 10.1 Å². The van der Waals surface area contributed by atoms with Gasteiger partial charge in [0.2, 0.25) is 0 Å². The van der Waals surface area contributed by atoms with Crippen molar-refractivity contribution in [2.24, 2.45) is 23.2 Å². The van der Waals surface area contributed by atoms with E-state index >= 15 is 0 Å². The Morgan fingerprint density at radius 3 is 2.35 bits per heavy atom. The van der Waals surface area contributed by atoms with Gasteiger partial charge in [0.1, 0.15) is 0 Å². The molecule has 0 N–H and O–H groups in total. The summed E-state index contributed by atoms with van der Waals surface area (Å²) in [5.74, 6) is 1.78. The van der Waals surface area contributed by atoms with Crippen LogP contribution >= 0.6 is 0 Å². The number of aryl methyl sites for hydroxylation is 1. The summed E-state index contributed by atoms with van der Waals surface area (Å²) < 4.78 is 29.6. The standard InChI is InChI=1S/C16H22O3S/c1-11-4-6-14(7-5-11)20(17,18)19-10-12-8-13-9-15(12)16(13,2)3/h4-7,12-13,15H,8-10H2,1-3H3. The molecule has 1 aromatic carbocycles. The third-order valence-electron chi connectivity index (χ3n) is 5.45. The average molecular weight is 294 g/mol. The average Bonchev–Trinajstić information content (AvgIpc) is 2.93. The van der Waals surface area contributed by atoms with Crippen LogP contribution in [0.5, 0.6) is 0 Å². The topological polar surface area (TPSA) is 43.4 Å². The molecule has 4 rings (SSSR count). The predicted molar refractivity (Wildman–Crippen MR) is 77.8 cm³/mol. The van der Waals surface area contributed by atoms with Crippen LogP contribution in [0.4, 0.5) is 0 Å². The molecule has 0 saturated heterocycles. The van der Waals surface area contributed by atoms with Gasteiger partial charge in [0.25, 0.3) is 10.1 Å². The number of fused-ring (bicyclic) bond motifs is 1. The van der Waals surface area contributed by atoms with Crippen LogP contribution in [0.2, 0.25) is 0 Å². The maximum Gasteiger partial charge on any atom is 0.296 e. The fourth-order valence-corrected chi connectivity index (χ4v) is 4.88. The zero-order valence-electron chi connectivity index (χ0n) is 12.3. The van der Waals surface area contributed by atoms with E-state index in [4.69, 9.17) is 4.18 Å². The molecule has 0 radical (unpaired) electrons. The van der Waals surface area contributed by atoms with Gasteiger partial charge in [0.15, 0.2) is 0 Å². The molecule has 4 heteroatoms. The Hall–Kier alpha value is -0.870. The van der Waals surface area contributed by atoms with Crippen LogP contribution in [0.1, 0.15) is 32.3 Å². The van der Waals surface area contributed by atoms with Crippen LogP contribution in [0.25, 0.3) is 0 Å². The van der Waals surface area contributed by atoms with Crippen molar-refractivity contribution in [3.63, 3.8) is 0 Å². The maximum atomic E-state index is 12.2. The van der Waals surface area contributed by atoms with Gasteiger partial charge in [-0.2, -0.15) is 8.42 Å². The second-order valence-corrected chi connectivity index (χ2v) is 8.52. The maximum absolute atomic E-state index is 12.2. The number of hydrogen-bond donors (Lipinski definition) is 0. The van der Waals surface area contributed by atoms with Crippen molar-refractivity contribution in [1.82, 2.24) is 0 Å². The summed E-state index contributed by atoms with van der Waals surface area (Å²) in [5, 5.41) is 0. The third kappa shape index (κ3) is 2.19. The first-order chi connectivity index (χ1) is 9.30. The summed E-state index contributed by atoms with van der Waals surface area (Å²) in [6.07, 6.45) is 2.35. The van der Waals surface area contributed by atoms with E-state index in [1.807, 2.05) is 6.92 Å². The van der Waals surface area contributed by atoms with Crippen LogP contribution < -0.4 is 0 Å². The lowest BCUT2D eigenvalue weighted by molar-refractivity contribution is 0.0315. The van der Waals surface area contributed by atoms with Gasteiger partial charge in [-0.15, -0.1) is 0 Å². The lowest BCUT2D eigenvalue weighted by Gasteiger charge is -2.45. The van der Waals surface area contributed by atoms with Gasteiger partial charge >= 0.3 is 0 Å². The molecule has 1 aromatic rings. The monoisotopic (exact) mass is 294 g/mol. The first kappa shape index (κ1) is 14.1. The largest absolute Gasteiger partial charge is 0.296 e. The van der Waals surface area contributed by atoms with E-state index in [9.17, 15) is 8.42 Å². The molecule has 20 heavy (non-hydrogen) atoms. The van der Waals surface area contributed by atoms with Crippen LogP contribution in [-0.2, 0) is 14.3 Å². The molecule has 0 amide bonds. The van der Waals surface area contributed by atoms with Crippen LogP contribution in [-0.4, -0.2) is 15.0 Å². The summed E-state index contributed by atoms with van der Waals surface area (Å²) >= 11 is 0. The van der Waals surface area contributed by atoms with Gasteiger partial charge in [-0.3, -0.25) is 4.18 Å². The van der Waals surface area contributed by atoms with Crippen LogP contribution in [0, 0.1) is 30.1 Å². The fraction of sp³-hybridized carbons (Fsp3) is 0.625. The van der Waals surface area contributed by atoms with Crippen molar-refractivity contribution in [1.29, 1.82) is 0 Å². The molecule has 3 atom stereocenters. The summed E-state index contributed by atoms with van der Waals surface area (Å²) in [5.41, 5.74) is 1.42. The van der Waals surface area contributed by atoms with Gasteiger partial charge in [-0.1, -0.05) is 31.5 Å². The number of rotatable bonds is 4. The third-order valence-corrected chi connectivity index (χ3v) is 6.75. The highest BCUT2D eigenvalue weighted by atomic mass is 32.2. The molecular formula is C16H22O3S. The van der Waals surface area contributed by atoms with Crippen molar-refractivity contribution < 1.29 is 12.6 Å². The normalized spacial score (nSPS) is 31.1. The second kappa shape index (κ2) is 4.57. The first-order valence-corrected chi connectivity index (χ1v) is 8.67. The van der Waals surface area contributed by atoms with E-state index in [1.165, 1.54) is 6.42 Å². The minimum absolute atomic E-state index is 0.257. The molecule has 3 fully saturated rings. The Bertz CT molecular complexity index is 601.